The maximum absolute atomic E-state index is 12.2. The minimum atomic E-state index is 0.0751. The number of amides is 1. The van der Waals surface area contributed by atoms with Crippen LogP contribution in [0.2, 0.25) is 0 Å². The Hall–Kier alpha value is -1.59. The van der Waals surface area contributed by atoms with Crippen molar-refractivity contribution in [3.63, 3.8) is 0 Å². The molecule has 1 unspecified atom stereocenters. The van der Waals surface area contributed by atoms with Gasteiger partial charge in [0.15, 0.2) is 0 Å². The second-order valence-electron chi connectivity index (χ2n) is 5.97. The molecule has 3 rings (SSSR count). The highest BCUT2D eigenvalue weighted by molar-refractivity contribution is 5.92. The summed E-state index contributed by atoms with van der Waals surface area (Å²) in [5, 5.41) is 6.37. The first-order chi connectivity index (χ1) is 10.8. The minimum absolute atomic E-state index is 0.0751. The summed E-state index contributed by atoms with van der Waals surface area (Å²) in [5.41, 5.74) is 1.90. The topological polar surface area (TPSA) is 59.6 Å². The van der Waals surface area contributed by atoms with Crippen LogP contribution in [0.1, 0.15) is 25.7 Å². The highest BCUT2D eigenvalue weighted by Gasteiger charge is 2.21. The highest BCUT2D eigenvalue weighted by atomic mass is 16.5. The van der Waals surface area contributed by atoms with Crippen LogP contribution in [0.25, 0.3) is 0 Å². The molecule has 2 fully saturated rings. The van der Waals surface area contributed by atoms with Gasteiger partial charge in [0.25, 0.3) is 0 Å². The largest absolute Gasteiger partial charge is 0.382 e. The van der Waals surface area contributed by atoms with E-state index in [1.807, 2.05) is 24.3 Å². The Morgan fingerprint density at radius 2 is 1.77 bits per heavy atom. The number of carbonyl (C=O) groups excluding carboxylic acids is 1. The molecular formula is C17H24N2O3. The monoisotopic (exact) mass is 304 g/mol. The first-order valence-electron chi connectivity index (χ1n) is 8.15. The van der Waals surface area contributed by atoms with Gasteiger partial charge in [-0.05, 0) is 49.9 Å². The van der Waals surface area contributed by atoms with Crippen LogP contribution in [-0.2, 0) is 14.3 Å². The standard InChI is InChI=1S/C17H24N2O3/c20-17(13-7-10-21-11-8-13)19-15-5-3-14(4-6-15)18-12-16-2-1-9-22-16/h3-6,13,16,18H,1-2,7-12H2,(H,19,20). The van der Waals surface area contributed by atoms with Crippen molar-refractivity contribution < 1.29 is 14.3 Å². The summed E-state index contributed by atoms with van der Waals surface area (Å²) < 4.78 is 10.9. The van der Waals surface area contributed by atoms with E-state index in [0.717, 1.165) is 50.2 Å². The van der Waals surface area contributed by atoms with Crippen molar-refractivity contribution in [3.05, 3.63) is 24.3 Å². The first-order valence-corrected chi connectivity index (χ1v) is 8.15. The third-order valence-corrected chi connectivity index (χ3v) is 4.30. The molecule has 5 heteroatoms. The Bertz CT molecular complexity index is 477. The third-order valence-electron chi connectivity index (χ3n) is 4.30. The van der Waals surface area contributed by atoms with Crippen LogP contribution in [0.15, 0.2) is 24.3 Å². The SMILES string of the molecule is O=C(Nc1ccc(NCC2CCCO2)cc1)C1CCOCC1. The number of hydrogen-bond donors (Lipinski definition) is 2. The van der Waals surface area contributed by atoms with E-state index < -0.39 is 0 Å². The fourth-order valence-electron chi connectivity index (χ4n) is 2.91. The van der Waals surface area contributed by atoms with Crippen molar-refractivity contribution in [1.29, 1.82) is 0 Å². The summed E-state index contributed by atoms with van der Waals surface area (Å²) in [6, 6.07) is 7.87. The van der Waals surface area contributed by atoms with Crippen molar-refractivity contribution >= 4 is 17.3 Å². The maximum atomic E-state index is 12.2. The van der Waals surface area contributed by atoms with Gasteiger partial charge in [0.05, 0.1) is 6.10 Å². The number of carbonyl (C=O) groups is 1. The van der Waals surface area contributed by atoms with Gasteiger partial charge >= 0.3 is 0 Å². The van der Waals surface area contributed by atoms with E-state index in [2.05, 4.69) is 10.6 Å². The predicted octanol–water partition coefficient (Wildman–Crippen LogP) is 2.64. The van der Waals surface area contributed by atoms with Gasteiger partial charge in [-0.1, -0.05) is 0 Å². The van der Waals surface area contributed by atoms with Crippen molar-refractivity contribution in [2.75, 3.05) is 37.0 Å². The van der Waals surface area contributed by atoms with Gasteiger partial charge in [-0.2, -0.15) is 0 Å². The number of ether oxygens (including phenoxy) is 2. The summed E-state index contributed by atoms with van der Waals surface area (Å²) in [7, 11) is 0. The zero-order chi connectivity index (χ0) is 15.2. The number of hydrogen-bond acceptors (Lipinski definition) is 4. The zero-order valence-electron chi connectivity index (χ0n) is 12.8. The lowest BCUT2D eigenvalue weighted by atomic mass is 9.99. The quantitative estimate of drug-likeness (QED) is 0.878. The van der Waals surface area contributed by atoms with E-state index in [0.29, 0.717) is 19.3 Å². The predicted molar refractivity (Wildman–Crippen MR) is 86.1 cm³/mol. The smallest absolute Gasteiger partial charge is 0.227 e. The number of anilines is 2. The lowest BCUT2D eigenvalue weighted by Gasteiger charge is -2.21. The Morgan fingerprint density at radius 1 is 1.05 bits per heavy atom. The van der Waals surface area contributed by atoms with Gasteiger partial charge in [0.2, 0.25) is 5.91 Å². The van der Waals surface area contributed by atoms with E-state index in [9.17, 15) is 4.79 Å². The molecule has 2 aliphatic heterocycles. The van der Waals surface area contributed by atoms with E-state index in [1.165, 1.54) is 0 Å². The molecule has 22 heavy (non-hydrogen) atoms. The average molecular weight is 304 g/mol. The van der Waals surface area contributed by atoms with Crippen LogP contribution in [0.4, 0.5) is 11.4 Å². The molecule has 0 radical (unpaired) electrons. The molecule has 1 aromatic rings. The molecule has 1 aromatic carbocycles. The molecule has 0 aromatic heterocycles. The van der Waals surface area contributed by atoms with Gasteiger partial charge < -0.3 is 20.1 Å². The molecule has 5 nitrogen and oxygen atoms in total. The molecular weight excluding hydrogens is 280 g/mol. The molecule has 1 amide bonds. The van der Waals surface area contributed by atoms with Crippen LogP contribution in [0.3, 0.4) is 0 Å². The summed E-state index contributed by atoms with van der Waals surface area (Å²) in [6.07, 6.45) is 4.24. The van der Waals surface area contributed by atoms with Crippen molar-refractivity contribution in [2.45, 2.75) is 31.8 Å². The second kappa shape index (κ2) is 7.61. The van der Waals surface area contributed by atoms with Crippen molar-refractivity contribution in [3.8, 4) is 0 Å². The van der Waals surface area contributed by atoms with Crippen LogP contribution >= 0.6 is 0 Å². The van der Waals surface area contributed by atoms with E-state index in [4.69, 9.17) is 9.47 Å². The highest BCUT2D eigenvalue weighted by Crippen LogP contribution is 2.19. The lowest BCUT2D eigenvalue weighted by molar-refractivity contribution is -0.122. The minimum Gasteiger partial charge on any atom is -0.382 e. The Labute approximate surface area is 131 Å². The van der Waals surface area contributed by atoms with Crippen LogP contribution in [0.5, 0.6) is 0 Å². The van der Waals surface area contributed by atoms with E-state index in [-0.39, 0.29) is 11.8 Å². The second-order valence-corrected chi connectivity index (χ2v) is 5.97. The molecule has 120 valence electrons. The van der Waals surface area contributed by atoms with Crippen LogP contribution < -0.4 is 10.6 Å². The molecule has 0 saturated carbocycles. The molecule has 2 saturated heterocycles. The summed E-state index contributed by atoms with van der Waals surface area (Å²) in [6.45, 7) is 3.09. The Kier molecular flexibility index (Phi) is 5.29. The molecule has 0 aliphatic carbocycles. The summed E-state index contributed by atoms with van der Waals surface area (Å²) in [5.74, 6) is 0.175. The summed E-state index contributed by atoms with van der Waals surface area (Å²) >= 11 is 0. The number of benzene rings is 1. The van der Waals surface area contributed by atoms with Crippen molar-refractivity contribution in [2.24, 2.45) is 5.92 Å². The van der Waals surface area contributed by atoms with Crippen LogP contribution in [0, 0.1) is 5.92 Å². The molecule has 0 spiro atoms. The van der Waals surface area contributed by atoms with Crippen LogP contribution in [-0.4, -0.2) is 38.4 Å². The van der Waals surface area contributed by atoms with Gasteiger partial charge in [0.1, 0.15) is 0 Å². The fourth-order valence-corrected chi connectivity index (χ4v) is 2.91. The Balaban J connectivity index is 1.47. The molecule has 2 N–H and O–H groups in total. The lowest BCUT2D eigenvalue weighted by Crippen LogP contribution is -2.28. The molecule has 1 atom stereocenters. The summed E-state index contributed by atoms with van der Waals surface area (Å²) in [4.78, 5) is 12.2. The van der Waals surface area contributed by atoms with E-state index >= 15 is 0 Å². The van der Waals surface area contributed by atoms with Gasteiger partial charge in [-0.3, -0.25) is 4.79 Å². The Morgan fingerprint density at radius 3 is 2.45 bits per heavy atom. The molecule has 0 bridgehead atoms. The first kappa shape index (κ1) is 15.3. The van der Waals surface area contributed by atoms with E-state index in [1.54, 1.807) is 0 Å². The maximum Gasteiger partial charge on any atom is 0.227 e. The van der Waals surface area contributed by atoms with Gasteiger partial charge in [-0.15, -0.1) is 0 Å². The number of nitrogens with one attached hydrogen (secondary N) is 2. The van der Waals surface area contributed by atoms with Gasteiger partial charge in [0, 0.05) is 43.7 Å². The van der Waals surface area contributed by atoms with Crippen molar-refractivity contribution in [1.82, 2.24) is 0 Å². The van der Waals surface area contributed by atoms with Gasteiger partial charge in [-0.25, -0.2) is 0 Å². The zero-order valence-corrected chi connectivity index (χ0v) is 12.8. The molecule has 2 aliphatic rings. The number of rotatable bonds is 5. The fraction of sp³-hybridized carbons (Fsp3) is 0.588. The third kappa shape index (κ3) is 4.21. The normalized spacial score (nSPS) is 22.5. The molecule has 2 heterocycles. The average Bonchev–Trinajstić information content (AvgIpc) is 3.08.